The van der Waals surface area contributed by atoms with Crippen LogP contribution >= 0.6 is 11.6 Å². The van der Waals surface area contributed by atoms with Gasteiger partial charge in [-0.3, -0.25) is 24.5 Å². The van der Waals surface area contributed by atoms with Crippen molar-refractivity contribution in [2.45, 2.75) is 25.8 Å². The third kappa shape index (κ3) is 3.67. The van der Waals surface area contributed by atoms with Crippen molar-refractivity contribution < 1.29 is 4.79 Å². The van der Waals surface area contributed by atoms with Gasteiger partial charge in [0.05, 0.1) is 34.6 Å². The number of hydrogen-bond donors (Lipinski definition) is 0. The molecule has 0 radical (unpaired) electrons. The Bertz CT molecular complexity index is 1690. The first kappa shape index (κ1) is 23.0. The number of aliphatic imine (C=N–C) groups is 1. The number of nitriles is 1. The third-order valence-electron chi connectivity index (χ3n) is 7.56. The monoisotopic (exact) mass is 524 g/mol. The van der Waals surface area contributed by atoms with E-state index < -0.39 is 0 Å². The van der Waals surface area contributed by atoms with Gasteiger partial charge in [-0.25, -0.2) is 4.79 Å². The van der Waals surface area contributed by atoms with E-state index >= 15 is 0 Å². The van der Waals surface area contributed by atoms with Crippen LogP contribution in [0.2, 0.25) is 5.02 Å². The lowest BCUT2D eigenvalue weighted by Gasteiger charge is -2.37. The number of benzene rings is 1. The number of aromatic nitrogens is 4. The highest BCUT2D eigenvalue weighted by Crippen LogP contribution is 2.41. The first-order valence-corrected chi connectivity index (χ1v) is 13.2. The quantitative estimate of drug-likeness (QED) is 0.374. The van der Waals surface area contributed by atoms with E-state index in [2.05, 4.69) is 11.1 Å². The Labute approximate surface area is 224 Å². The van der Waals surface area contributed by atoms with E-state index in [9.17, 15) is 10.1 Å². The lowest BCUT2D eigenvalue weighted by Crippen LogP contribution is -2.53. The molecule has 3 aromatic heterocycles. The molecular formula is C28H25ClN8O. The van der Waals surface area contributed by atoms with Gasteiger partial charge in [0.2, 0.25) is 0 Å². The highest BCUT2D eigenvalue weighted by atomic mass is 35.5. The number of halogens is 1. The number of carbonyl (C=O) groups excluding carboxylic acids is 1. The summed E-state index contributed by atoms with van der Waals surface area (Å²) in [4.78, 5) is 26.7. The second-order valence-corrected chi connectivity index (χ2v) is 10.7. The van der Waals surface area contributed by atoms with Crippen LogP contribution in [0.1, 0.15) is 36.0 Å². The van der Waals surface area contributed by atoms with E-state index in [1.165, 1.54) is 0 Å². The Morgan fingerprint density at radius 2 is 2.08 bits per heavy atom. The van der Waals surface area contributed by atoms with Crippen LogP contribution < -0.4 is 4.90 Å². The van der Waals surface area contributed by atoms with Crippen molar-refractivity contribution in [3.63, 3.8) is 0 Å². The lowest BCUT2D eigenvalue weighted by atomic mass is 10.1. The number of rotatable bonds is 5. The molecule has 1 aliphatic carbocycles. The summed E-state index contributed by atoms with van der Waals surface area (Å²) < 4.78 is 3.90. The van der Waals surface area contributed by atoms with Crippen LogP contribution in [0.25, 0.3) is 22.3 Å². The Hall–Kier alpha value is -4.16. The second kappa shape index (κ2) is 8.71. The van der Waals surface area contributed by atoms with Gasteiger partial charge in [-0.2, -0.15) is 10.4 Å². The van der Waals surface area contributed by atoms with Crippen molar-refractivity contribution in [3.8, 4) is 17.5 Å². The van der Waals surface area contributed by atoms with Gasteiger partial charge in [-0.15, -0.1) is 0 Å². The molecule has 10 heteroatoms. The first-order valence-electron chi connectivity index (χ1n) is 12.9. The maximum Gasteiger partial charge on any atom is 0.331 e. The molecular weight excluding hydrogens is 500 g/mol. The largest absolute Gasteiger partial charge is 0.348 e. The number of urea groups is 1. The normalized spacial score (nSPS) is 16.9. The van der Waals surface area contributed by atoms with Crippen molar-refractivity contribution in [3.05, 3.63) is 64.4 Å². The van der Waals surface area contributed by atoms with Crippen molar-refractivity contribution in [1.29, 1.82) is 5.26 Å². The SMILES string of the molecule is Cn1cc(C#N)cc1-c1c2c(nn1Cc1ccnc3ccc(Cl)cc13)N(CC1CC1)C(=O)N1CCCN=C21. The summed E-state index contributed by atoms with van der Waals surface area (Å²) in [6.07, 6.45) is 6.69. The predicted molar refractivity (Wildman–Crippen MR) is 145 cm³/mol. The van der Waals surface area contributed by atoms with Crippen molar-refractivity contribution in [2.75, 3.05) is 24.5 Å². The Morgan fingerprint density at radius 1 is 1.21 bits per heavy atom. The topological polar surface area (TPSA) is 95.3 Å². The molecule has 2 amide bonds. The molecule has 190 valence electrons. The number of fused-ring (bicyclic) bond motifs is 4. The van der Waals surface area contributed by atoms with Crippen molar-refractivity contribution >= 4 is 40.2 Å². The average molecular weight is 525 g/mol. The number of nitrogens with zero attached hydrogens (tertiary/aromatic N) is 8. The van der Waals surface area contributed by atoms with Gasteiger partial charge in [0.1, 0.15) is 11.9 Å². The fraction of sp³-hybridized carbons (Fsp3) is 0.321. The number of aryl methyl sites for hydroxylation is 1. The van der Waals surface area contributed by atoms with Gasteiger partial charge in [0, 0.05) is 49.5 Å². The zero-order valence-corrected chi connectivity index (χ0v) is 21.7. The van der Waals surface area contributed by atoms with Crippen LogP contribution in [0.15, 0.2) is 47.7 Å². The highest BCUT2D eigenvalue weighted by molar-refractivity contribution is 6.31. The Balaban J connectivity index is 1.48. The summed E-state index contributed by atoms with van der Waals surface area (Å²) in [5.41, 5.74) is 4.97. The second-order valence-electron chi connectivity index (χ2n) is 10.2. The van der Waals surface area contributed by atoms with Crippen molar-refractivity contribution in [1.82, 2.24) is 24.2 Å². The van der Waals surface area contributed by atoms with E-state index in [1.54, 1.807) is 11.1 Å². The van der Waals surface area contributed by atoms with Gasteiger partial charge in [0.25, 0.3) is 0 Å². The zero-order valence-electron chi connectivity index (χ0n) is 20.9. The maximum atomic E-state index is 13.7. The molecule has 0 atom stereocenters. The van der Waals surface area contributed by atoms with Gasteiger partial charge in [0.15, 0.2) is 5.82 Å². The van der Waals surface area contributed by atoms with E-state index in [1.807, 2.05) is 57.7 Å². The van der Waals surface area contributed by atoms with E-state index in [4.69, 9.17) is 21.7 Å². The van der Waals surface area contributed by atoms with Crippen LogP contribution in [-0.4, -0.2) is 55.7 Å². The standard InChI is InChI=1S/C28H25ClN8O/c1-34-14-18(13-30)11-23(34)25-24-26-32-8-2-10-35(26)28(38)36(15-17-3-4-17)27(24)33-37(25)16-19-7-9-31-22-6-5-20(29)12-21(19)22/h5-7,9,11-12,14,17H,2-4,8,10,15-16H2,1H3. The molecule has 38 heavy (non-hydrogen) atoms. The fourth-order valence-corrected chi connectivity index (χ4v) is 5.69. The zero-order chi connectivity index (χ0) is 26.0. The van der Waals surface area contributed by atoms with Crippen LogP contribution in [0.3, 0.4) is 0 Å². The summed E-state index contributed by atoms with van der Waals surface area (Å²) in [5, 5.41) is 16.3. The molecule has 5 heterocycles. The molecule has 0 bridgehead atoms. The lowest BCUT2D eigenvalue weighted by molar-refractivity contribution is 0.223. The number of amides is 2. The summed E-state index contributed by atoms with van der Waals surface area (Å²) in [5.74, 6) is 1.81. The van der Waals surface area contributed by atoms with E-state index in [0.717, 1.165) is 52.7 Å². The van der Waals surface area contributed by atoms with Crippen molar-refractivity contribution in [2.24, 2.45) is 18.0 Å². The molecule has 4 aromatic rings. The van der Waals surface area contributed by atoms with Gasteiger partial charge < -0.3 is 4.57 Å². The molecule has 7 rings (SSSR count). The molecule has 3 aliphatic rings. The highest BCUT2D eigenvalue weighted by Gasteiger charge is 2.43. The molecule has 9 nitrogen and oxygen atoms in total. The van der Waals surface area contributed by atoms with Crippen LogP contribution in [0.5, 0.6) is 0 Å². The third-order valence-corrected chi connectivity index (χ3v) is 7.80. The van der Waals surface area contributed by atoms with Gasteiger partial charge in [-0.1, -0.05) is 11.6 Å². The van der Waals surface area contributed by atoms with E-state index in [-0.39, 0.29) is 6.03 Å². The smallest absolute Gasteiger partial charge is 0.331 e. The van der Waals surface area contributed by atoms with Crippen LogP contribution in [0.4, 0.5) is 10.6 Å². The summed E-state index contributed by atoms with van der Waals surface area (Å²) >= 11 is 6.36. The van der Waals surface area contributed by atoms with Crippen LogP contribution in [-0.2, 0) is 13.6 Å². The molecule has 1 saturated carbocycles. The number of anilines is 1. The minimum Gasteiger partial charge on any atom is -0.348 e. The predicted octanol–water partition coefficient (Wildman–Crippen LogP) is 4.81. The summed E-state index contributed by atoms with van der Waals surface area (Å²) in [6, 6.07) is 11.7. The van der Waals surface area contributed by atoms with Crippen LogP contribution in [0, 0.1) is 17.2 Å². The molecule has 1 aromatic carbocycles. The summed E-state index contributed by atoms with van der Waals surface area (Å²) in [6.45, 7) is 2.38. The molecule has 0 saturated heterocycles. The molecule has 0 N–H and O–H groups in total. The van der Waals surface area contributed by atoms with Gasteiger partial charge in [-0.05, 0) is 61.1 Å². The minimum atomic E-state index is -0.0511. The number of carbonyl (C=O) groups is 1. The molecule has 0 spiro atoms. The number of pyridine rings is 1. The Kier molecular flexibility index (Phi) is 5.27. The molecule has 1 fully saturated rings. The summed E-state index contributed by atoms with van der Waals surface area (Å²) in [7, 11) is 1.93. The molecule has 2 aliphatic heterocycles. The fourth-order valence-electron chi connectivity index (χ4n) is 5.52. The van der Waals surface area contributed by atoms with E-state index in [0.29, 0.717) is 54.3 Å². The minimum absolute atomic E-state index is 0.0511. The number of hydrogen-bond acceptors (Lipinski definition) is 5. The molecule has 0 unspecified atom stereocenters. The first-order chi connectivity index (χ1) is 18.5. The number of amidine groups is 1. The Morgan fingerprint density at radius 3 is 2.87 bits per heavy atom. The van der Waals surface area contributed by atoms with Gasteiger partial charge >= 0.3 is 6.03 Å². The maximum absolute atomic E-state index is 13.7. The average Bonchev–Trinajstić information content (AvgIpc) is 3.57.